The Labute approximate surface area is 122 Å². The number of amides is 1. The van der Waals surface area contributed by atoms with Gasteiger partial charge in [-0.15, -0.1) is 11.6 Å². The molecule has 1 amide bonds. The van der Waals surface area contributed by atoms with Crippen LogP contribution in [0.3, 0.4) is 0 Å². The Balaban J connectivity index is 2.23. The lowest BCUT2D eigenvalue weighted by atomic mass is 10.1. The lowest BCUT2D eigenvalue weighted by molar-refractivity contribution is 0.102. The van der Waals surface area contributed by atoms with Gasteiger partial charge in [0.05, 0.1) is 0 Å². The second-order valence-corrected chi connectivity index (χ2v) is 4.87. The van der Waals surface area contributed by atoms with Crippen molar-refractivity contribution in [2.45, 2.75) is 12.8 Å². The maximum absolute atomic E-state index is 12.1. The molecule has 0 spiro atoms. The molecule has 0 saturated heterocycles. The molecule has 0 radical (unpaired) electrons. The molecule has 4 heteroatoms. The molecule has 0 saturated carbocycles. The smallest absolute Gasteiger partial charge is 0.255 e. The van der Waals surface area contributed by atoms with Crippen LogP contribution in [-0.4, -0.2) is 5.91 Å². The maximum Gasteiger partial charge on any atom is 0.255 e. The molecule has 2 aromatic rings. The van der Waals surface area contributed by atoms with Crippen LogP contribution in [0.5, 0.6) is 0 Å². The van der Waals surface area contributed by atoms with Gasteiger partial charge < -0.3 is 5.32 Å². The minimum atomic E-state index is -0.169. The molecule has 2 rings (SSSR count). The lowest BCUT2D eigenvalue weighted by Crippen LogP contribution is -2.13. The second kappa shape index (κ2) is 6.09. The number of hydrogen-bond donors (Lipinski definition) is 1. The fourth-order valence-corrected chi connectivity index (χ4v) is 2.07. The molecule has 0 aliphatic heterocycles. The van der Waals surface area contributed by atoms with Crippen molar-refractivity contribution < 1.29 is 4.79 Å². The molecule has 0 fully saturated rings. The van der Waals surface area contributed by atoms with E-state index in [0.717, 1.165) is 11.1 Å². The quantitative estimate of drug-likeness (QED) is 0.821. The predicted octanol–water partition coefficient (Wildman–Crippen LogP) is 4.64. The first-order valence-corrected chi connectivity index (χ1v) is 6.74. The zero-order chi connectivity index (χ0) is 13.8. The van der Waals surface area contributed by atoms with Crippen molar-refractivity contribution in [2.75, 3.05) is 5.32 Å². The van der Waals surface area contributed by atoms with Gasteiger partial charge in [0.25, 0.3) is 5.91 Å². The Morgan fingerprint density at radius 1 is 1.21 bits per heavy atom. The highest BCUT2D eigenvalue weighted by Gasteiger charge is 2.09. The number of hydrogen-bond acceptors (Lipinski definition) is 1. The zero-order valence-electron chi connectivity index (χ0n) is 10.4. The zero-order valence-corrected chi connectivity index (χ0v) is 11.9. The fraction of sp³-hybridized carbons (Fsp3) is 0.133. The summed E-state index contributed by atoms with van der Waals surface area (Å²) in [6.45, 7) is 1.87. The van der Waals surface area contributed by atoms with Crippen LogP contribution in [0.1, 0.15) is 21.5 Å². The molecule has 0 bridgehead atoms. The highest BCUT2D eigenvalue weighted by atomic mass is 35.5. The third-order valence-electron chi connectivity index (χ3n) is 2.86. The van der Waals surface area contributed by atoms with Crippen LogP contribution in [0.25, 0.3) is 0 Å². The van der Waals surface area contributed by atoms with Gasteiger partial charge in [-0.1, -0.05) is 29.8 Å². The van der Waals surface area contributed by atoms with E-state index in [1.807, 2.05) is 25.1 Å². The molecule has 0 aliphatic rings. The minimum absolute atomic E-state index is 0.169. The molecule has 0 aliphatic carbocycles. The van der Waals surface area contributed by atoms with Gasteiger partial charge in [0.15, 0.2) is 0 Å². The monoisotopic (exact) mass is 293 g/mol. The fourth-order valence-electron chi connectivity index (χ4n) is 1.73. The molecule has 2 aromatic carbocycles. The van der Waals surface area contributed by atoms with Gasteiger partial charge in [0, 0.05) is 22.2 Å². The van der Waals surface area contributed by atoms with Gasteiger partial charge in [0.1, 0.15) is 0 Å². The van der Waals surface area contributed by atoms with E-state index in [-0.39, 0.29) is 5.91 Å². The van der Waals surface area contributed by atoms with Crippen LogP contribution in [0.15, 0.2) is 42.5 Å². The van der Waals surface area contributed by atoms with E-state index in [0.29, 0.717) is 22.2 Å². The summed E-state index contributed by atoms with van der Waals surface area (Å²) in [6, 6.07) is 12.7. The number of alkyl halides is 1. The molecule has 0 heterocycles. The highest BCUT2D eigenvalue weighted by Crippen LogP contribution is 2.23. The van der Waals surface area contributed by atoms with Crippen molar-refractivity contribution >= 4 is 34.8 Å². The van der Waals surface area contributed by atoms with Crippen LogP contribution in [0.2, 0.25) is 5.02 Å². The first-order chi connectivity index (χ1) is 9.11. The van der Waals surface area contributed by atoms with E-state index < -0.39 is 0 Å². The van der Waals surface area contributed by atoms with Crippen molar-refractivity contribution in [1.29, 1.82) is 0 Å². The first-order valence-electron chi connectivity index (χ1n) is 5.83. The molecule has 2 nitrogen and oxygen atoms in total. The van der Waals surface area contributed by atoms with Crippen molar-refractivity contribution in [3.8, 4) is 0 Å². The van der Waals surface area contributed by atoms with E-state index in [9.17, 15) is 4.79 Å². The minimum Gasteiger partial charge on any atom is -0.322 e. The normalized spacial score (nSPS) is 10.3. The third kappa shape index (κ3) is 3.28. The van der Waals surface area contributed by atoms with E-state index in [1.54, 1.807) is 24.3 Å². The van der Waals surface area contributed by atoms with Crippen LogP contribution in [0, 0.1) is 6.92 Å². The average molecular weight is 294 g/mol. The van der Waals surface area contributed by atoms with Crippen molar-refractivity contribution in [2.24, 2.45) is 0 Å². The van der Waals surface area contributed by atoms with Gasteiger partial charge in [0.2, 0.25) is 0 Å². The van der Waals surface area contributed by atoms with E-state index in [2.05, 4.69) is 5.32 Å². The topological polar surface area (TPSA) is 29.1 Å². The molecular weight excluding hydrogens is 281 g/mol. The number of halogens is 2. The first kappa shape index (κ1) is 13.9. The van der Waals surface area contributed by atoms with E-state index in [1.165, 1.54) is 0 Å². The summed E-state index contributed by atoms with van der Waals surface area (Å²) < 4.78 is 0. The molecule has 98 valence electrons. The average Bonchev–Trinajstić information content (AvgIpc) is 2.44. The Kier molecular flexibility index (Phi) is 4.46. The van der Waals surface area contributed by atoms with Crippen LogP contribution in [0.4, 0.5) is 5.69 Å². The SMILES string of the molecule is Cc1c(Cl)cccc1NC(=O)c1cccc(CCl)c1. The number of carbonyl (C=O) groups is 1. The molecule has 1 N–H and O–H groups in total. The summed E-state index contributed by atoms with van der Waals surface area (Å²) in [4.78, 5) is 12.1. The Morgan fingerprint density at radius 2 is 1.95 bits per heavy atom. The summed E-state index contributed by atoms with van der Waals surface area (Å²) in [5.74, 6) is 0.217. The largest absolute Gasteiger partial charge is 0.322 e. The second-order valence-electron chi connectivity index (χ2n) is 4.20. The Morgan fingerprint density at radius 3 is 2.68 bits per heavy atom. The van der Waals surface area contributed by atoms with Crippen LogP contribution in [-0.2, 0) is 5.88 Å². The van der Waals surface area contributed by atoms with Crippen LogP contribution < -0.4 is 5.32 Å². The summed E-state index contributed by atoms with van der Waals surface area (Å²) >= 11 is 11.8. The number of anilines is 1. The lowest BCUT2D eigenvalue weighted by Gasteiger charge is -2.10. The standard InChI is InChI=1S/C15H13Cl2NO/c1-10-13(17)6-3-7-14(10)18-15(19)12-5-2-4-11(8-12)9-16/h2-8H,9H2,1H3,(H,18,19). The number of nitrogens with one attached hydrogen (secondary N) is 1. The van der Waals surface area contributed by atoms with Gasteiger partial charge in [-0.25, -0.2) is 0 Å². The van der Waals surface area contributed by atoms with Crippen molar-refractivity contribution in [1.82, 2.24) is 0 Å². The molecule has 0 unspecified atom stereocenters. The van der Waals surface area contributed by atoms with Gasteiger partial charge in [-0.05, 0) is 42.3 Å². The number of carbonyl (C=O) groups excluding carboxylic acids is 1. The summed E-state index contributed by atoms with van der Waals surface area (Å²) in [5.41, 5.74) is 3.06. The Bertz CT molecular complexity index is 611. The molecule has 0 atom stereocenters. The molecule has 19 heavy (non-hydrogen) atoms. The van der Waals surface area contributed by atoms with E-state index in [4.69, 9.17) is 23.2 Å². The van der Waals surface area contributed by atoms with Gasteiger partial charge in [-0.3, -0.25) is 4.79 Å². The van der Waals surface area contributed by atoms with Gasteiger partial charge >= 0.3 is 0 Å². The number of rotatable bonds is 3. The maximum atomic E-state index is 12.1. The summed E-state index contributed by atoms with van der Waals surface area (Å²) in [6.07, 6.45) is 0. The van der Waals surface area contributed by atoms with Crippen molar-refractivity contribution in [3.05, 3.63) is 64.2 Å². The summed E-state index contributed by atoms with van der Waals surface area (Å²) in [5, 5.41) is 3.48. The summed E-state index contributed by atoms with van der Waals surface area (Å²) in [7, 11) is 0. The predicted molar refractivity (Wildman–Crippen MR) is 80.1 cm³/mol. The third-order valence-corrected chi connectivity index (χ3v) is 3.58. The number of benzene rings is 2. The van der Waals surface area contributed by atoms with Crippen LogP contribution >= 0.6 is 23.2 Å². The van der Waals surface area contributed by atoms with Gasteiger partial charge in [-0.2, -0.15) is 0 Å². The van der Waals surface area contributed by atoms with Crippen molar-refractivity contribution in [3.63, 3.8) is 0 Å². The van der Waals surface area contributed by atoms with E-state index >= 15 is 0 Å². The molecular formula is C15H13Cl2NO. The molecule has 0 aromatic heterocycles. The highest BCUT2D eigenvalue weighted by molar-refractivity contribution is 6.31. The Hall–Kier alpha value is -1.51.